The van der Waals surface area contributed by atoms with Crippen LogP contribution in [0.2, 0.25) is 0 Å². The summed E-state index contributed by atoms with van der Waals surface area (Å²) in [5.41, 5.74) is -1.43. The molecule has 0 fully saturated rings. The van der Waals surface area contributed by atoms with Crippen molar-refractivity contribution < 1.29 is 48.3 Å². The lowest BCUT2D eigenvalue weighted by atomic mass is 9.88. The average Bonchev–Trinajstić information content (AvgIpc) is 2.64. The van der Waals surface area contributed by atoms with E-state index in [2.05, 4.69) is 0 Å². The molecule has 0 aromatic carbocycles. The Morgan fingerprint density at radius 3 is 1.25 bits per heavy atom. The summed E-state index contributed by atoms with van der Waals surface area (Å²) >= 11 is 0. The molecular weight excluding hydrogens is 376 g/mol. The SMILES string of the molecule is COCCCOC(=O)C(C)/C(C(=O)O)=C(\C(=O)O)C(C)C(=O)OCCCOC. The number of carbonyl (C=O) groups excluding carboxylic acids is 2. The monoisotopic (exact) mass is 404 g/mol. The van der Waals surface area contributed by atoms with E-state index in [1.807, 2.05) is 0 Å². The summed E-state index contributed by atoms with van der Waals surface area (Å²) in [6, 6.07) is 0. The summed E-state index contributed by atoms with van der Waals surface area (Å²) in [7, 11) is 2.95. The molecule has 160 valence electrons. The van der Waals surface area contributed by atoms with Crippen LogP contribution in [0.3, 0.4) is 0 Å². The van der Waals surface area contributed by atoms with E-state index in [0.29, 0.717) is 26.1 Å². The minimum Gasteiger partial charge on any atom is -0.478 e. The average molecular weight is 404 g/mol. The number of hydrogen-bond donors (Lipinski definition) is 2. The normalized spacial score (nSPS) is 13.9. The molecule has 0 aliphatic heterocycles. The minimum absolute atomic E-state index is 0.0105. The van der Waals surface area contributed by atoms with Crippen molar-refractivity contribution in [2.45, 2.75) is 26.7 Å². The van der Waals surface area contributed by atoms with Gasteiger partial charge >= 0.3 is 23.9 Å². The summed E-state index contributed by atoms with van der Waals surface area (Å²) in [5.74, 6) is -7.86. The zero-order valence-corrected chi connectivity index (χ0v) is 16.6. The van der Waals surface area contributed by atoms with Crippen molar-refractivity contribution in [3.05, 3.63) is 11.1 Å². The van der Waals surface area contributed by atoms with Gasteiger partial charge in [0, 0.05) is 40.3 Å². The Kier molecular flexibility index (Phi) is 12.5. The fraction of sp³-hybridized carbons (Fsp3) is 0.667. The molecule has 0 aliphatic rings. The van der Waals surface area contributed by atoms with Crippen LogP contribution >= 0.6 is 0 Å². The maximum absolute atomic E-state index is 12.1. The van der Waals surface area contributed by atoms with Crippen LogP contribution in [0.4, 0.5) is 0 Å². The van der Waals surface area contributed by atoms with Gasteiger partial charge in [-0.1, -0.05) is 0 Å². The van der Waals surface area contributed by atoms with E-state index in [-0.39, 0.29) is 13.2 Å². The van der Waals surface area contributed by atoms with Gasteiger partial charge in [-0.3, -0.25) is 9.59 Å². The third-order valence-corrected chi connectivity index (χ3v) is 3.80. The van der Waals surface area contributed by atoms with Gasteiger partial charge in [-0.05, 0) is 13.8 Å². The van der Waals surface area contributed by atoms with Crippen LogP contribution in [-0.2, 0) is 38.1 Å². The Morgan fingerprint density at radius 1 is 0.679 bits per heavy atom. The predicted octanol–water partition coefficient (Wildman–Crippen LogP) is 0.884. The van der Waals surface area contributed by atoms with E-state index in [4.69, 9.17) is 18.9 Å². The van der Waals surface area contributed by atoms with Crippen molar-refractivity contribution in [2.75, 3.05) is 40.6 Å². The molecule has 0 rings (SSSR count). The highest BCUT2D eigenvalue weighted by Crippen LogP contribution is 2.25. The first-order valence-corrected chi connectivity index (χ1v) is 8.70. The van der Waals surface area contributed by atoms with Gasteiger partial charge in [0.05, 0.1) is 36.2 Å². The molecular formula is C18H28O10. The summed E-state index contributed by atoms with van der Waals surface area (Å²) < 4.78 is 19.5. The molecule has 28 heavy (non-hydrogen) atoms. The lowest BCUT2D eigenvalue weighted by Gasteiger charge is -2.19. The first-order valence-electron chi connectivity index (χ1n) is 8.70. The molecule has 2 unspecified atom stereocenters. The number of carbonyl (C=O) groups is 4. The Morgan fingerprint density at radius 2 is 1.00 bits per heavy atom. The molecule has 0 aromatic rings. The molecule has 0 aromatic heterocycles. The molecule has 0 aliphatic carbocycles. The van der Waals surface area contributed by atoms with Crippen molar-refractivity contribution >= 4 is 23.9 Å². The fourth-order valence-electron chi connectivity index (χ4n) is 2.31. The summed E-state index contributed by atoms with van der Waals surface area (Å²) in [4.78, 5) is 47.6. The molecule has 2 N–H and O–H groups in total. The highest BCUT2D eigenvalue weighted by Gasteiger charge is 2.36. The van der Waals surface area contributed by atoms with Gasteiger partial charge in [0.15, 0.2) is 0 Å². The second kappa shape index (κ2) is 13.7. The first-order chi connectivity index (χ1) is 13.2. The maximum atomic E-state index is 12.1. The van der Waals surface area contributed by atoms with Crippen molar-refractivity contribution in [1.29, 1.82) is 0 Å². The molecule has 0 heterocycles. The number of methoxy groups -OCH3 is 2. The Hall–Kier alpha value is -2.46. The van der Waals surface area contributed by atoms with Crippen molar-refractivity contribution in [3.8, 4) is 0 Å². The Balaban J connectivity index is 5.49. The molecule has 10 nitrogen and oxygen atoms in total. The van der Waals surface area contributed by atoms with Crippen LogP contribution in [0.25, 0.3) is 0 Å². The molecule has 0 amide bonds. The van der Waals surface area contributed by atoms with E-state index < -0.39 is 46.9 Å². The van der Waals surface area contributed by atoms with Gasteiger partial charge in [-0.2, -0.15) is 0 Å². The molecule has 2 atom stereocenters. The van der Waals surface area contributed by atoms with Gasteiger partial charge in [-0.25, -0.2) is 9.59 Å². The second-order valence-electron chi connectivity index (χ2n) is 5.91. The van der Waals surface area contributed by atoms with E-state index in [0.717, 1.165) is 0 Å². The van der Waals surface area contributed by atoms with Gasteiger partial charge < -0.3 is 29.2 Å². The number of ether oxygens (including phenoxy) is 4. The fourth-order valence-corrected chi connectivity index (χ4v) is 2.31. The highest BCUT2D eigenvalue weighted by atomic mass is 16.5. The summed E-state index contributed by atoms with van der Waals surface area (Å²) in [5, 5.41) is 19.0. The van der Waals surface area contributed by atoms with E-state index in [1.54, 1.807) is 0 Å². The lowest BCUT2D eigenvalue weighted by Crippen LogP contribution is -2.30. The predicted molar refractivity (Wildman–Crippen MR) is 95.5 cm³/mol. The molecule has 0 bridgehead atoms. The van der Waals surface area contributed by atoms with Gasteiger partial charge in [-0.15, -0.1) is 0 Å². The molecule has 0 saturated heterocycles. The minimum atomic E-state index is -1.63. The number of carboxylic acid groups (broad SMARTS) is 2. The number of rotatable bonds is 14. The van der Waals surface area contributed by atoms with Crippen LogP contribution < -0.4 is 0 Å². The molecule has 0 spiro atoms. The van der Waals surface area contributed by atoms with Crippen LogP contribution in [0.5, 0.6) is 0 Å². The van der Waals surface area contributed by atoms with Gasteiger partial charge in [0.1, 0.15) is 0 Å². The van der Waals surface area contributed by atoms with Crippen molar-refractivity contribution in [1.82, 2.24) is 0 Å². The third kappa shape index (κ3) is 8.49. The molecule has 0 saturated carbocycles. The van der Waals surface area contributed by atoms with Crippen molar-refractivity contribution in [2.24, 2.45) is 11.8 Å². The Bertz CT molecular complexity index is 531. The zero-order chi connectivity index (χ0) is 21.7. The molecule has 10 heteroatoms. The zero-order valence-electron chi connectivity index (χ0n) is 16.6. The Labute approximate surface area is 163 Å². The number of hydrogen-bond acceptors (Lipinski definition) is 8. The van der Waals surface area contributed by atoms with Crippen LogP contribution in [-0.4, -0.2) is 74.7 Å². The smallest absolute Gasteiger partial charge is 0.333 e. The number of aliphatic carboxylic acids is 2. The molecule has 0 radical (unpaired) electrons. The summed E-state index contributed by atoms with van der Waals surface area (Å²) in [6.45, 7) is 3.08. The van der Waals surface area contributed by atoms with E-state index >= 15 is 0 Å². The topological polar surface area (TPSA) is 146 Å². The number of carboxylic acids is 2. The first kappa shape index (κ1) is 25.5. The quantitative estimate of drug-likeness (QED) is 0.243. The van der Waals surface area contributed by atoms with Crippen LogP contribution in [0.15, 0.2) is 11.1 Å². The van der Waals surface area contributed by atoms with Gasteiger partial charge in [0.2, 0.25) is 0 Å². The van der Waals surface area contributed by atoms with Crippen molar-refractivity contribution in [3.63, 3.8) is 0 Å². The summed E-state index contributed by atoms with van der Waals surface area (Å²) in [6.07, 6.45) is 0.800. The van der Waals surface area contributed by atoms with E-state index in [1.165, 1.54) is 28.1 Å². The van der Waals surface area contributed by atoms with E-state index in [9.17, 15) is 29.4 Å². The van der Waals surface area contributed by atoms with Crippen LogP contribution in [0, 0.1) is 11.8 Å². The third-order valence-electron chi connectivity index (χ3n) is 3.80. The lowest BCUT2D eigenvalue weighted by molar-refractivity contribution is -0.151. The standard InChI is InChI=1S/C18H28O10/c1-11(17(23)27-9-5-7-25-3)13(15(19)20)14(16(21)22)12(2)18(24)28-10-6-8-26-4/h11-12H,5-10H2,1-4H3,(H,19,20)(H,21,22)/b14-13+. The number of esters is 2. The van der Waals surface area contributed by atoms with Gasteiger partial charge in [0.25, 0.3) is 0 Å². The van der Waals surface area contributed by atoms with Crippen LogP contribution in [0.1, 0.15) is 26.7 Å². The second-order valence-corrected chi connectivity index (χ2v) is 5.91. The largest absolute Gasteiger partial charge is 0.478 e. The highest BCUT2D eigenvalue weighted by molar-refractivity contribution is 6.05. The maximum Gasteiger partial charge on any atom is 0.333 e.